The molecule has 0 unspecified atom stereocenters. The Hall–Kier alpha value is -2.87. The molecule has 0 amide bonds. The highest BCUT2D eigenvalue weighted by Gasteiger charge is 2.13. The highest BCUT2D eigenvalue weighted by atomic mass is 127. The van der Waals surface area contributed by atoms with E-state index in [1.54, 1.807) is 11.7 Å². The van der Waals surface area contributed by atoms with E-state index in [-0.39, 0.29) is 5.56 Å². The van der Waals surface area contributed by atoms with Crippen molar-refractivity contribution in [1.29, 1.82) is 0 Å². The maximum atomic E-state index is 13.3. The molecule has 6 heteroatoms. The minimum atomic E-state index is -0.00323. The molecule has 4 aromatic rings. The second-order valence-electron chi connectivity index (χ2n) is 7.48. The molecule has 4 rings (SSSR count). The van der Waals surface area contributed by atoms with Crippen LogP contribution in [0.15, 0.2) is 77.6 Å². The van der Waals surface area contributed by atoms with Crippen molar-refractivity contribution in [3.8, 4) is 22.9 Å². The summed E-state index contributed by atoms with van der Waals surface area (Å²) in [5.41, 5.74) is 1.61. The largest absolute Gasteiger partial charge is 0.497 e. The Labute approximate surface area is 201 Å². The van der Waals surface area contributed by atoms with Crippen molar-refractivity contribution in [1.82, 2.24) is 9.55 Å². The summed E-state index contributed by atoms with van der Waals surface area (Å²) in [5.74, 6) is 2.38. The molecule has 0 aliphatic carbocycles. The van der Waals surface area contributed by atoms with Crippen molar-refractivity contribution < 1.29 is 9.47 Å². The summed E-state index contributed by atoms with van der Waals surface area (Å²) in [7, 11) is 1.64. The molecule has 32 heavy (non-hydrogen) atoms. The van der Waals surface area contributed by atoms with Crippen molar-refractivity contribution in [3.63, 3.8) is 0 Å². The molecule has 3 aromatic carbocycles. The first kappa shape index (κ1) is 22.3. The van der Waals surface area contributed by atoms with Gasteiger partial charge in [0.1, 0.15) is 17.3 Å². The molecule has 0 N–H and O–H groups in total. The van der Waals surface area contributed by atoms with E-state index in [1.807, 2.05) is 72.8 Å². The van der Waals surface area contributed by atoms with Crippen molar-refractivity contribution in [3.05, 3.63) is 86.7 Å². The number of hydrogen-bond acceptors (Lipinski definition) is 4. The number of methoxy groups -OCH3 is 1. The molecule has 0 aliphatic heterocycles. The molecule has 0 saturated heterocycles. The van der Waals surface area contributed by atoms with Crippen LogP contribution in [0.4, 0.5) is 0 Å². The second-order valence-corrected chi connectivity index (χ2v) is 8.64. The van der Waals surface area contributed by atoms with Crippen LogP contribution in [0.1, 0.15) is 19.3 Å². The molecule has 1 aromatic heterocycles. The van der Waals surface area contributed by atoms with Crippen molar-refractivity contribution in [2.75, 3.05) is 13.7 Å². The van der Waals surface area contributed by atoms with Crippen molar-refractivity contribution in [2.45, 2.75) is 25.8 Å². The Morgan fingerprint density at radius 3 is 2.44 bits per heavy atom. The smallest absolute Gasteiger partial charge is 0.261 e. The van der Waals surface area contributed by atoms with Crippen LogP contribution in [-0.4, -0.2) is 23.3 Å². The highest BCUT2D eigenvalue weighted by molar-refractivity contribution is 14.1. The van der Waals surface area contributed by atoms with E-state index in [2.05, 4.69) is 22.6 Å². The fourth-order valence-corrected chi connectivity index (χ4v) is 4.17. The summed E-state index contributed by atoms with van der Waals surface area (Å²) in [6.45, 7) is 1.27. The number of unbranched alkanes of at least 4 members (excludes halogenated alkanes) is 2. The van der Waals surface area contributed by atoms with Gasteiger partial charge in [0.15, 0.2) is 0 Å². The third kappa shape index (κ3) is 5.12. The van der Waals surface area contributed by atoms with E-state index in [1.165, 1.54) is 0 Å². The number of hydrogen-bond donors (Lipinski definition) is 0. The fraction of sp³-hybridized carbons (Fsp3) is 0.231. The zero-order valence-corrected chi connectivity index (χ0v) is 20.1. The van der Waals surface area contributed by atoms with Crippen LogP contribution in [0, 0.1) is 3.57 Å². The molecule has 5 nitrogen and oxygen atoms in total. The summed E-state index contributed by atoms with van der Waals surface area (Å²) < 4.78 is 14.1. The molecule has 0 spiro atoms. The Morgan fingerprint density at radius 1 is 0.906 bits per heavy atom. The van der Waals surface area contributed by atoms with Gasteiger partial charge in [0.2, 0.25) is 0 Å². The SMILES string of the molecule is COc1ccc(-c2nc3ccccc3c(=O)n2CCCCCOc2ccccc2I)cc1. The van der Waals surface area contributed by atoms with Gasteiger partial charge in [-0.3, -0.25) is 9.36 Å². The minimum Gasteiger partial charge on any atom is -0.497 e. The molecule has 1 heterocycles. The van der Waals surface area contributed by atoms with Crippen LogP contribution in [-0.2, 0) is 6.54 Å². The van der Waals surface area contributed by atoms with Gasteiger partial charge in [-0.25, -0.2) is 4.98 Å². The standard InChI is InChI=1S/C26H25IN2O3/c1-31-20-15-13-19(14-16-20)25-28-23-11-5-3-9-21(23)26(30)29(25)17-7-2-8-18-32-24-12-6-4-10-22(24)27/h3-6,9-16H,2,7-8,17-18H2,1H3. The minimum absolute atomic E-state index is 0.00323. The predicted molar refractivity (Wildman–Crippen MR) is 136 cm³/mol. The van der Waals surface area contributed by atoms with E-state index in [4.69, 9.17) is 14.5 Å². The van der Waals surface area contributed by atoms with Gasteiger partial charge >= 0.3 is 0 Å². The van der Waals surface area contributed by atoms with Crippen molar-refractivity contribution in [2.24, 2.45) is 0 Å². The first-order valence-corrected chi connectivity index (χ1v) is 11.8. The van der Waals surface area contributed by atoms with Gasteiger partial charge in [0.05, 0.1) is 28.2 Å². The summed E-state index contributed by atoms with van der Waals surface area (Å²) in [5, 5.41) is 0.645. The summed E-state index contributed by atoms with van der Waals surface area (Å²) >= 11 is 2.28. The van der Waals surface area contributed by atoms with Gasteiger partial charge in [0.25, 0.3) is 5.56 Å². The maximum absolute atomic E-state index is 13.3. The third-order valence-electron chi connectivity index (χ3n) is 5.33. The number of nitrogens with zero attached hydrogens (tertiary/aromatic N) is 2. The Morgan fingerprint density at radius 2 is 1.66 bits per heavy atom. The molecule has 0 fully saturated rings. The normalized spacial score (nSPS) is 10.9. The van der Waals surface area contributed by atoms with Gasteiger partial charge in [0, 0.05) is 12.1 Å². The second kappa shape index (κ2) is 10.6. The zero-order chi connectivity index (χ0) is 22.3. The lowest BCUT2D eigenvalue weighted by Crippen LogP contribution is -2.23. The lowest BCUT2D eigenvalue weighted by Gasteiger charge is -2.14. The van der Waals surface area contributed by atoms with E-state index in [0.29, 0.717) is 29.9 Å². The number of aromatic nitrogens is 2. The third-order valence-corrected chi connectivity index (χ3v) is 6.22. The van der Waals surface area contributed by atoms with Gasteiger partial charge in [-0.05, 0) is 90.4 Å². The van der Waals surface area contributed by atoms with E-state index < -0.39 is 0 Å². The Balaban J connectivity index is 1.48. The summed E-state index contributed by atoms with van der Waals surface area (Å²) in [6, 6.07) is 23.2. The molecular formula is C26H25IN2O3. The van der Waals surface area contributed by atoms with E-state index in [9.17, 15) is 4.79 Å². The number of para-hydroxylation sites is 2. The van der Waals surface area contributed by atoms with Crippen molar-refractivity contribution >= 4 is 33.5 Å². The van der Waals surface area contributed by atoms with Gasteiger partial charge in [-0.2, -0.15) is 0 Å². The summed E-state index contributed by atoms with van der Waals surface area (Å²) in [4.78, 5) is 18.1. The number of fused-ring (bicyclic) bond motifs is 1. The Bertz CT molecular complexity index is 1250. The molecule has 0 radical (unpaired) electrons. The molecule has 0 atom stereocenters. The van der Waals surface area contributed by atoms with Crippen LogP contribution in [0.2, 0.25) is 0 Å². The monoisotopic (exact) mass is 540 g/mol. The van der Waals surface area contributed by atoms with Gasteiger partial charge in [-0.1, -0.05) is 24.3 Å². The maximum Gasteiger partial charge on any atom is 0.261 e. The fourth-order valence-electron chi connectivity index (χ4n) is 3.63. The van der Waals surface area contributed by atoms with Crippen LogP contribution in [0.25, 0.3) is 22.3 Å². The molecular weight excluding hydrogens is 515 g/mol. The first-order valence-electron chi connectivity index (χ1n) is 10.7. The highest BCUT2D eigenvalue weighted by Crippen LogP contribution is 2.23. The van der Waals surface area contributed by atoms with Crippen LogP contribution in [0.3, 0.4) is 0 Å². The quantitative estimate of drug-likeness (QED) is 0.195. The lowest BCUT2D eigenvalue weighted by molar-refractivity contribution is 0.301. The number of halogens is 1. The Kier molecular flexibility index (Phi) is 7.42. The molecule has 0 aliphatic rings. The molecule has 0 bridgehead atoms. The van der Waals surface area contributed by atoms with E-state index in [0.717, 1.165) is 39.9 Å². The predicted octanol–water partition coefficient (Wildman–Crippen LogP) is 5.93. The first-order chi connectivity index (χ1) is 15.7. The van der Waals surface area contributed by atoms with Crippen LogP contribution < -0.4 is 15.0 Å². The zero-order valence-electron chi connectivity index (χ0n) is 18.0. The summed E-state index contributed by atoms with van der Waals surface area (Å²) in [6.07, 6.45) is 2.77. The molecule has 0 saturated carbocycles. The average molecular weight is 540 g/mol. The van der Waals surface area contributed by atoms with Crippen LogP contribution in [0.5, 0.6) is 11.5 Å². The number of ether oxygens (including phenoxy) is 2. The number of benzene rings is 3. The topological polar surface area (TPSA) is 53.3 Å². The average Bonchev–Trinajstić information content (AvgIpc) is 2.83. The number of rotatable bonds is 9. The van der Waals surface area contributed by atoms with Gasteiger partial charge in [-0.15, -0.1) is 0 Å². The molecule has 164 valence electrons. The van der Waals surface area contributed by atoms with Crippen LogP contribution >= 0.6 is 22.6 Å². The van der Waals surface area contributed by atoms with Gasteiger partial charge < -0.3 is 9.47 Å². The lowest BCUT2D eigenvalue weighted by atomic mass is 10.1. The van der Waals surface area contributed by atoms with E-state index >= 15 is 0 Å².